The van der Waals surface area contributed by atoms with E-state index >= 15 is 0 Å². The van der Waals surface area contributed by atoms with Crippen molar-refractivity contribution in [1.82, 2.24) is 0 Å². The van der Waals surface area contributed by atoms with Crippen LogP contribution in [0.25, 0.3) is 6.08 Å². The fourth-order valence-electron chi connectivity index (χ4n) is 2.43. The Bertz CT molecular complexity index is 670. The molecule has 2 aromatic carbocycles. The minimum atomic E-state index is 0.164. The Morgan fingerprint density at radius 2 is 1.68 bits per heavy atom. The van der Waals surface area contributed by atoms with Gasteiger partial charge in [-0.3, -0.25) is 4.79 Å². The van der Waals surface area contributed by atoms with Gasteiger partial charge in [-0.1, -0.05) is 58.4 Å². The van der Waals surface area contributed by atoms with Crippen molar-refractivity contribution in [2.24, 2.45) is 0 Å². The van der Waals surface area contributed by atoms with Crippen molar-refractivity contribution in [3.05, 3.63) is 75.3 Å². The molecular weight excluding hydrogens is 300 g/mol. The molecule has 0 heterocycles. The van der Waals surface area contributed by atoms with E-state index in [1.165, 1.54) is 0 Å². The molecule has 0 unspecified atom stereocenters. The number of benzene rings is 2. The second-order valence-corrected chi connectivity index (χ2v) is 5.53. The lowest BCUT2D eigenvalue weighted by Crippen LogP contribution is -2.13. The van der Waals surface area contributed by atoms with Crippen molar-refractivity contribution in [2.45, 2.75) is 12.8 Å². The lowest BCUT2D eigenvalue weighted by molar-refractivity contribution is 0.102. The Balaban J connectivity index is 2.01. The number of allylic oxidation sites excluding steroid dienone is 1. The number of rotatable bonds is 1. The molecular formula is C17H13BrO. The molecule has 0 N–H and O–H groups in total. The Kier molecular flexibility index (Phi) is 3.34. The molecule has 0 bridgehead atoms. The summed E-state index contributed by atoms with van der Waals surface area (Å²) in [4.78, 5) is 12.4. The summed E-state index contributed by atoms with van der Waals surface area (Å²) in [6.45, 7) is 0. The van der Waals surface area contributed by atoms with Crippen LogP contribution in [-0.4, -0.2) is 5.78 Å². The SMILES string of the molecule is O=C1/C(=C/c2ccccc2Br)CCc2ccccc21. The molecule has 1 aliphatic rings. The topological polar surface area (TPSA) is 17.1 Å². The van der Waals surface area contributed by atoms with Crippen LogP contribution >= 0.6 is 15.9 Å². The van der Waals surface area contributed by atoms with E-state index in [9.17, 15) is 4.79 Å². The zero-order valence-corrected chi connectivity index (χ0v) is 12.0. The van der Waals surface area contributed by atoms with E-state index in [2.05, 4.69) is 15.9 Å². The molecule has 0 atom stereocenters. The van der Waals surface area contributed by atoms with Gasteiger partial charge in [0.25, 0.3) is 0 Å². The van der Waals surface area contributed by atoms with E-state index in [0.717, 1.165) is 39.6 Å². The fraction of sp³-hybridized carbons (Fsp3) is 0.118. The number of aryl methyl sites for hydroxylation is 1. The highest BCUT2D eigenvalue weighted by molar-refractivity contribution is 9.10. The summed E-state index contributed by atoms with van der Waals surface area (Å²) >= 11 is 3.52. The molecule has 1 aliphatic carbocycles. The number of ketones is 1. The zero-order chi connectivity index (χ0) is 13.2. The van der Waals surface area contributed by atoms with Gasteiger partial charge in [-0.25, -0.2) is 0 Å². The predicted octanol–water partition coefficient (Wildman–Crippen LogP) is 4.66. The standard InChI is InChI=1S/C17H13BrO/c18-16-8-4-2-6-13(16)11-14-10-9-12-5-1-3-7-15(12)17(14)19/h1-8,11H,9-10H2/b14-11+. The van der Waals surface area contributed by atoms with E-state index in [1.807, 2.05) is 54.6 Å². The van der Waals surface area contributed by atoms with Gasteiger partial charge in [-0.15, -0.1) is 0 Å². The van der Waals surface area contributed by atoms with Gasteiger partial charge in [0.1, 0.15) is 0 Å². The second kappa shape index (κ2) is 5.14. The van der Waals surface area contributed by atoms with Crippen LogP contribution in [-0.2, 0) is 6.42 Å². The Labute approximate surface area is 121 Å². The smallest absolute Gasteiger partial charge is 0.189 e. The molecule has 0 aromatic heterocycles. The highest BCUT2D eigenvalue weighted by atomic mass is 79.9. The van der Waals surface area contributed by atoms with Gasteiger partial charge in [0.2, 0.25) is 0 Å². The average molecular weight is 313 g/mol. The summed E-state index contributed by atoms with van der Waals surface area (Å²) in [5.41, 5.74) is 3.97. The zero-order valence-electron chi connectivity index (χ0n) is 10.4. The number of hydrogen-bond acceptors (Lipinski definition) is 1. The summed E-state index contributed by atoms with van der Waals surface area (Å²) in [7, 11) is 0. The van der Waals surface area contributed by atoms with Gasteiger partial charge >= 0.3 is 0 Å². The number of carbonyl (C=O) groups is 1. The fourth-order valence-corrected chi connectivity index (χ4v) is 2.83. The number of halogens is 1. The highest BCUT2D eigenvalue weighted by Gasteiger charge is 2.21. The molecule has 0 fully saturated rings. The van der Waals surface area contributed by atoms with Gasteiger partial charge < -0.3 is 0 Å². The van der Waals surface area contributed by atoms with Crippen LogP contribution in [0.15, 0.2) is 58.6 Å². The van der Waals surface area contributed by atoms with Crippen molar-refractivity contribution >= 4 is 27.8 Å². The molecule has 19 heavy (non-hydrogen) atoms. The van der Waals surface area contributed by atoms with E-state index in [4.69, 9.17) is 0 Å². The van der Waals surface area contributed by atoms with E-state index in [-0.39, 0.29) is 5.78 Å². The van der Waals surface area contributed by atoms with Gasteiger partial charge in [-0.2, -0.15) is 0 Å². The first-order valence-electron chi connectivity index (χ1n) is 6.33. The quantitative estimate of drug-likeness (QED) is 0.700. The predicted molar refractivity (Wildman–Crippen MR) is 81.2 cm³/mol. The summed E-state index contributed by atoms with van der Waals surface area (Å²) in [5, 5.41) is 0. The van der Waals surface area contributed by atoms with E-state index in [1.54, 1.807) is 0 Å². The number of Topliss-reactive ketones (excluding diaryl/α,β-unsaturated/α-hetero) is 1. The maximum atomic E-state index is 12.4. The Morgan fingerprint density at radius 3 is 2.53 bits per heavy atom. The maximum Gasteiger partial charge on any atom is 0.189 e. The van der Waals surface area contributed by atoms with Crippen LogP contribution in [0.3, 0.4) is 0 Å². The molecule has 94 valence electrons. The molecule has 0 aliphatic heterocycles. The van der Waals surface area contributed by atoms with Gasteiger partial charge in [-0.05, 0) is 36.1 Å². The molecule has 0 saturated heterocycles. The van der Waals surface area contributed by atoms with Crippen molar-refractivity contribution < 1.29 is 4.79 Å². The molecule has 1 nitrogen and oxygen atoms in total. The number of carbonyl (C=O) groups excluding carboxylic acids is 1. The van der Waals surface area contributed by atoms with Crippen molar-refractivity contribution in [1.29, 1.82) is 0 Å². The van der Waals surface area contributed by atoms with Crippen LogP contribution < -0.4 is 0 Å². The lowest BCUT2D eigenvalue weighted by Gasteiger charge is -2.17. The first kappa shape index (κ1) is 12.4. The van der Waals surface area contributed by atoms with Crippen LogP contribution in [0.1, 0.15) is 27.9 Å². The Morgan fingerprint density at radius 1 is 0.947 bits per heavy atom. The third-order valence-electron chi connectivity index (χ3n) is 3.45. The van der Waals surface area contributed by atoms with Crippen molar-refractivity contribution in [3.8, 4) is 0 Å². The monoisotopic (exact) mass is 312 g/mol. The van der Waals surface area contributed by atoms with Crippen LogP contribution in [0, 0.1) is 0 Å². The summed E-state index contributed by atoms with van der Waals surface area (Å²) in [5.74, 6) is 0.164. The molecule has 2 aromatic rings. The van der Waals surface area contributed by atoms with Crippen molar-refractivity contribution in [2.75, 3.05) is 0 Å². The number of fused-ring (bicyclic) bond motifs is 1. The van der Waals surface area contributed by atoms with E-state index < -0.39 is 0 Å². The third kappa shape index (κ3) is 2.41. The normalized spacial score (nSPS) is 16.5. The minimum absolute atomic E-state index is 0.164. The third-order valence-corrected chi connectivity index (χ3v) is 4.17. The average Bonchev–Trinajstić information content (AvgIpc) is 2.44. The maximum absolute atomic E-state index is 12.4. The number of hydrogen-bond donors (Lipinski definition) is 0. The minimum Gasteiger partial charge on any atom is -0.289 e. The largest absolute Gasteiger partial charge is 0.289 e. The second-order valence-electron chi connectivity index (χ2n) is 4.68. The summed E-state index contributed by atoms with van der Waals surface area (Å²) < 4.78 is 1.02. The van der Waals surface area contributed by atoms with E-state index in [0.29, 0.717) is 0 Å². The first-order chi connectivity index (χ1) is 9.25. The molecule has 0 saturated carbocycles. The van der Waals surface area contributed by atoms with Gasteiger partial charge in [0.05, 0.1) is 0 Å². The van der Waals surface area contributed by atoms with Crippen LogP contribution in [0.4, 0.5) is 0 Å². The van der Waals surface area contributed by atoms with Crippen LogP contribution in [0.2, 0.25) is 0 Å². The van der Waals surface area contributed by atoms with Gasteiger partial charge in [0.15, 0.2) is 5.78 Å². The first-order valence-corrected chi connectivity index (χ1v) is 7.13. The Hall–Kier alpha value is -1.67. The molecule has 0 amide bonds. The van der Waals surface area contributed by atoms with Crippen molar-refractivity contribution in [3.63, 3.8) is 0 Å². The summed E-state index contributed by atoms with van der Waals surface area (Å²) in [6.07, 6.45) is 3.76. The highest BCUT2D eigenvalue weighted by Crippen LogP contribution is 2.28. The van der Waals surface area contributed by atoms with Gasteiger partial charge in [0, 0.05) is 15.6 Å². The van der Waals surface area contributed by atoms with Crippen LogP contribution in [0.5, 0.6) is 0 Å². The molecule has 0 radical (unpaired) electrons. The molecule has 0 spiro atoms. The lowest BCUT2D eigenvalue weighted by atomic mass is 9.86. The molecule has 3 rings (SSSR count). The summed E-state index contributed by atoms with van der Waals surface area (Å²) in [6, 6.07) is 15.9. The molecule has 2 heteroatoms.